The highest BCUT2D eigenvalue weighted by molar-refractivity contribution is 7.13. The number of carbonyl (C=O) groups is 5. The van der Waals surface area contributed by atoms with Gasteiger partial charge in [-0.15, -0.1) is 11.3 Å². The van der Waals surface area contributed by atoms with E-state index in [9.17, 15) is 37.1 Å². The van der Waals surface area contributed by atoms with Gasteiger partial charge >= 0.3 is 24.1 Å². The molecule has 5 N–H and O–H groups in total. The van der Waals surface area contributed by atoms with Gasteiger partial charge < -0.3 is 30.4 Å². The lowest BCUT2D eigenvalue weighted by Crippen LogP contribution is -2.40. The minimum Gasteiger partial charge on any atom is -0.496 e. The van der Waals surface area contributed by atoms with Gasteiger partial charge in [-0.3, -0.25) is 19.8 Å². The fourth-order valence-corrected chi connectivity index (χ4v) is 4.61. The van der Waals surface area contributed by atoms with Crippen molar-refractivity contribution in [3.05, 3.63) is 70.6 Å². The molecular formula is C29H26F3N3O9S. The van der Waals surface area contributed by atoms with Crippen molar-refractivity contribution in [2.24, 2.45) is 5.73 Å². The van der Waals surface area contributed by atoms with Crippen molar-refractivity contribution >= 4 is 46.8 Å². The van der Waals surface area contributed by atoms with E-state index in [2.05, 4.69) is 10.1 Å². The third kappa shape index (κ3) is 9.62. The highest BCUT2D eigenvalue weighted by Gasteiger charge is 2.42. The average molecular weight is 650 g/mol. The van der Waals surface area contributed by atoms with E-state index in [4.69, 9.17) is 25.7 Å². The number of methoxy groups -OCH3 is 1. The van der Waals surface area contributed by atoms with Crippen LogP contribution in [0.25, 0.3) is 10.4 Å². The number of alkyl halides is 3. The molecule has 1 heterocycles. The zero-order valence-electron chi connectivity index (χ0n) is 23.4. The number of aliphatic carboxylic acids is 1. The van der Waals surface area contributed by atoms with Crippen LogP contribution in [-0.2, 0) is 30.3 Å². The highest BCUT2D eigenvalue weighted by atomic mass is 32.1. The summed E-state index contributed by atoms with van der Waals surface area (Å²) in [5.41, 5.74) is 6.55. The van der Waals surface area contributed by atoms with Gasteiger partial charge in [0.2, 0.25) is 5.78 Å². The molecule has 45 heavy (non-hydrogen) atoms. The molecule has 0 spiro atoms. The largest absolute Gasteiger partial charge is 0.496 e. The van der Waals surface area contributed by atoms with Gasteiger partial charge in [0.15, 0.2) is 0 Å². The van der Waals surface area contributed by atoms with E-state index in [1.807, 2.05) is 17.5 Å². The van der Waals surface area contributed by atoms with Crippen molar-refractivity contribution in [1.82, 2.24) is 5.32 Å². The molecule has 0 saturated heterocycles. The summed E-state index contributed by atoms with van der Waals surface area (Å²) in [6.45, 7) is -0.464. The van der Waals surface area contributed by atoms with Crippen LogP contribution in [0.15, 0.2) is 53.9 Å². The Morgan fingerprint density at radius 2 is 1.80 bits per heavy atom. The van der Waals surface area contributed by atoms with Crippen molar-refractivity contribution in [1.29, 1.82) is 5.41 Å². The van der Waals surface area contributed by atoms with Crippen LogP contribution in [0.5, 0.6) is 11.5 Å². The molecule has 0 radical (unpaired) electrons. The molecule has 0 aliphatic carbocycles. The van der Waals surface area contributed by atoms with Gasteiger partial charge in [-0.1, -0.05) is 18.2 Å². The number of halogens is 3. The van der Waals surface area contributed by atoms with Gasteiger partial charge in [-0.05, 0) is 47.7 Å². The number of esters is 2. The van der Waals surface area contributed by atoms with E-state index in [-0.39, 0.29) is 40.4 Å². The topological polar surface area (TPSA) is 195 Å². The van der Waals surface area contributed by atoms with Crippen LogP contribution < -0.4 is 20.5 Å². The first-order valence-corrected chi connectivity index (χ1v) is 13.8. The number of benzene rings is 2. The van der Waals surface area contributed by atoms with E-state index < -0.39 is 61.3 Å². The summed E-state index contributed by atoms with van der Waals surface area (Å²) >= 11 is 1.42. The zero-order chi connectivity index (χ0) is 33.3. The second kappa shape index (κ2) is 15.0. The van der Waals surface area contributed by atoms with Crippen LogP contribution in [0.3, 0.4) is 0 Å². The third-order valence-corrected chi connectivity index (χ3v) is 7.05. The number of hydrogen-bond donors (Lipinski definition) is 4. The van der Waals surface area contributed by atoms with Crippen molar-refractivity contribution in [2.75, 3.05) is 13.7 Å². The van der Waals surface area contributed by atoms with Crippen molar-refractivity contribution in [3.63, 3.8) is 0 Å². The number of thiophene rings is 1. The summed E-state index contributed by atoms with van der Waals surface area (Å²) in [5, 5.41) is 21.2. The Morgan fingerprint density at radius 3 is 2.40 bits per heavy atom. The number of nitrogens with two attached hydrogens (primary N) is 1. The quantitative estimate of drug-likeness (QED) is 0.0660. The number of amidine groups is 1. The van der Waals surface area contributed by atoms with Gasteiger partial charge in [0, 0.05) is 28.8 Å². The first-order chi connectivity index (χ1) is 21.2. The minimum absolute atomic E-state index is 0.0783. The van der Waals surface area contributed by atoms with Gasteiger partial charge in [0.1, 0.15) is 23.9 Å². The molecule has 0 fully saturated rings. The van der Waals surface area contributed by atoms with Crippen LogP contribution in [0.4, 0.5) is 13.2 Å². The van der Waals surface area contributed by atoms with Crippen molar-refractivity contribution in [3.8, 4) is 21.9 Å². The summed E-state index contributed by atoms with van der Waals surface area (Å²) in [7, 11) is 1.34. The van der Waals surface area contributed by atoms with Crippen LogP contribution in [0, 0.1) is 5.41 Å². The van der Waals surface area contributed by atoms with Gasteiger partial charge in [0.25, 0.3) is 5.91 Å². The number of carboxylic acids is 1. The van der Waals surface area contributed by atoms with E-state index in [0.717, 1.165) is 4.88 Å². The van der Waals surface area contributed by atoms with Gasteiger partial charge in [0.05, 0.1) is 18.7 Å². The first-order valence-electron chi connectivity index (χ1n) is 12.9. The van der Waals surface area contributed by atoms with Crippen molar-refractivity contribution in [2.45, 2.75) is 31.5 Å². The summed E-state index contributed by atoms with van der Waals surface area (Å²) in [6, 6.07) is 11.3. The van der Waals surface area contributed by atoms with E-state index >= 15 is 0 Å². The number of nitrogen functional groups attached to an aromatic ring is 1. The Bertz CT molecular complexity index is 1610. The number of rotatable bonds is 14. The van der Waals surface area contributed by atoms with Crippen LogP contribution >= 0.6 is 11.3 Å². The molecule has 1 aromatic heterocycles. The van der Waals surface area contributed by atoms with Gasteiger partial charge in [-0.2, -0.15) is 13.2 Å². The Hall–Kier alpha value is -5.25. The fourth-order valence-electron chi connectivity index (χ4n) is 3.89. The summed E-state index contributed by atoms with van der Waals surface area (Å²) < 4.78 is 52.6. The number of ether oxygens (including phenoxy) is 3. The van der Waals surface area contributed by atoms with E-state index in [0.29, 0.717) is 5.56 Å². The zero-order valence-corrected chi connectivity index (χ0v) is 24.3. The van der Waals surface area contributed by atoms with Crippen LogP contribution in [0.1, 0.15) is 34.3 Å². The molecule has 0 aliphatic rings. The van der Waals surface area contributed by atoms with Crippen LogP contribution in [0.2, 0.25) is 0 Å². The monoisotopic (exact) mass is 649 g/mol. The second-order valence-electron chi connectivity index (χ2n) is 9.31. The number of nitrogens with one attached hydrogen (secondary N) is 2. The molecule has 3 rings (SSSR count). The molecule has 16 heteroatoms. The number of carbonyl (C=O) groups excluding carboxylic acids is 4. The number of ketones is 1. The number of hydrogen-bond acceptors (Lipinski definition) is 10. The second-order valence-corrected chi connectivity index (χ2v) is 10.3. The molecule has 0 aliphatic heterocycles. The predicted octanol–water partition coefficient (Wildman–Crippen LogP) is 3.49. The predicted molar refractivity (Wildman–Crippen MR) is 153 cm³/mol. The number of carboxylic acid groups (broad SMARTS) is 1. The molecule has 12 nitrogen and oxygen atoms in total. The maximum atomic E-state index is 13.4. The van der Waals surface area contributed by atoms with E-state index in [1.165, 1.54) is 36.6 Å². The normalized spacial score (nSPS) is 11.6. The fraction of sp³-hybridized carbons (Fsp3) is 0.241. The van der Waals surface area contributed by atoms with Crippen LogP contribution in [-0.4, -0.2) is 66.5 Å². The lowest BCUT2D eigenvalue weighted by atomic mass is 10.0. The first kappa shape index (κ1) is 34.2. The van der Waals surface area contributed by atoms with E-state index in [1.54, 1.807) is 18.2 Å². The molecule has 238 valence electrons. The molecule has 2 aromatic carbocycles. The molecule has 3 aromatic rings. The third-order valence-electron chi connectivity index (χ3n) is 6.13. The lowest BCUT2D eigenvalue weighted by Gasteiger charge is -2.21. The minimum atomic E-state index is -5.40. The molecule has 0 saturated carbocycles. The number of amides is 1. The molecule has 0 bridgehead atoms. The number of Topliss-reactive ketones (excluding diaryl/α,β-unsaturated/α-hetero) is 1. The molecule has 1 atom stereocenters. The molecule has 1 amide bonds. The highest BCUT2D eigenvalue weighted by Crippen LogP contribution is 2.30. The Balaban J connectivity index is 1.89. The SMILES string of the molecule is COc1ccc(-c2cccs2)cc1C(=O)N[C@H](CCC(=O)OC(=O)C(F)(F)F)COc1cc(C(=N)N)ccc1CC(=O)C(=O)O. The molecular weight excluding hydrogens is 623 g/mol. The van der Waals surface area contributed by atoms with Crippen molar-refractivity contribution < 1.29 is 56.5 Å². The maximum absolute atomic E-state index is 13.4. The summed E-state index contributed by atoms with van der Waals surface area (Å²) in [4.78, 5) is 60.4. The lowest BCUT2D eigenvalue weighted by molar-refractivity contribution is -0.201. The Labute approximate surface area is 257 Å². The summed E-state index contributed by atoms with van der Waals surface area (Å²) in [5.74, 6) is -8.07. The molecule has 0 unspecified atom stereocenters. The summed E-state index contributed by atoms with van der Waals surface area (Å²) in [6.07, 6.45) is -7.13. The Morgan fingerprint density at radius 1 is 1.07 bits per heavy atom. The van der Waals surface area contributed by atoms with Gasteiger partial charge in [-0.25, -0.2) is 9.59 Å². The average Bonchev–Trinajstić information content (AvgIpc) is 3.53. The Kier molecular flexibility index (Phi) is 11.4. The smallest absolute Gasteiger partial charge is 0.491 e. The standard InChI is InChI=1S/C29H26F3N3O9S/c1-42-21-8-6-16(23-3-2-10-45-23)11-19(21)26(38)35-18(7-9-24(37)44-28(41)29(30,31)32)14-43-22-13-17(25(33)34)5-4-15(22)12-20(36)27(39)40/h2-6,8,10-11,13,18H,7,9,12,14H2,1H3,(H3,33,34)(H,35,38)(H,39,40)/t18-/m1/s1. The maximum Gasteiger partial charge on any atom is 0.491 e.